The molecule has 1 aliphatic rings. The number of carbonyl (C=O) groups excluding carboxylic acids is 1. The number of aryl methyl sites for hydroxylation is 1. The highest BCUT2D eigenvalue weighted by atomic mass is 127. The van der Waals surface area contributed by atoms with Crippen molar-refractivity contribution >= 4 is 35.8 Å². The number of aliphatic imine (C=N–C) groups is 1. The lowest BCUT2D eigenvalue weighted by Gasteiger charge is -2.28. The van der Waals surface area contributed by atoms with Crippen molar-refractivity contribution in [2.75, 3.05) is 26.2 Å². The number of hydrogen-bond donors (Lipinski definition) is 2. The standard InChI is InChI=1S/C22H33N7O2.HI/c1-5-29(6-2)21(30)11-13-23-22(24-15-20-27-26-16(3)28(20)4)25-18-12-14-31-19-10-8-7-9-17(18)19;/h7-10,18H,5-6,11-15H2,1-4H3,(H2,23,24,25);1H. The molecule has 1 unspecified atom stereocenters. The summed E-state index contributed by atoms with van der Waals surface area (Å²) in [5, 5.41) is 15.1. The SMILES string of the molecule is CCN(CC)C(=O)CCNC(=NCc1nnc(C)n1C)NC1CCOc2ccccc21.I. The summed E-state index contributed by atoms with van der Waals surface area (Å²) in [7, 11) is 1.93. The van der Waals surface area contributed by atoms with Gasteiger partial charge in [0.15, 0.2) is 11.8 Å². The van der Waals surface area contributed by atoms with Crippen LogP contribution in [0.5, 0.6) is 5.75 Å². The number of amides is 1. The zero-order valence-electron chi connectivity index (χ0n) is 19.3. The zero-order chi connectivity index (χ0) is 22.2. The first-order valence-corrected chi connectivity index (χ1v) is 10.9. The van der Waals surface area contributed by atoms with Crippen LogP contribution in [0.1, 0.15) is 49.9 Å². The molecule has 9 nitrogen and oxygen atoms in total. The third kappa shape index (κ3) is 6.57. The average molecular weight is 555 g/mol. The fourth-order valence-electron chi connectivity index (χ4n) is 3.57. The maximum atomic E-state index is 12.4. The Morgan fingerprint density at radius 2 is 2.03 bits per heavy atom. The Labute approximate surface area is 207 Å². The van der Waals surface area contributed by atoms with Crippen LogP contribution in [-0.2, 0) is 18.4 Å². The van der Waals surface area contributed by atoms with Gasteiger partial charge in [0.25, 0.3) is 0 Å². The molecule has 0 saturated heterocycles. The van der Waals surface area contributed by atoms with Crippen molar-refractivity contribution in [3.8, 4) is 5.75 Å². The summed E-state index contributed by atoms with van der Waals surface area (Å²) >= 11 is 0. The maximum Gasteiger partial charge on any atom is 0.224 e. The summed E-state index contributed by atoms with van der Waals surface area (Å²) in [5.41, 5.74) is 1.11. The second-order valence-electron chi connectivity index (χ2n) is 7.50. The predicted molar refractivity (Wildman–Crippen MR) is 135 cm³/mol. The van der Waals surface area contributed by atoms with Crippen molar-refractivity contribution < 1.29 is 9.53 Å². The van der Waals surface area contributed by atoms with E-state index in [0.29, 0.717) is 32.1 Å². The number of para-hydroxylation sites is 1. The van der Waals surface area contributed by atoms with Crippen LogP contribution in [0.2, 0.25) is 0 Å². The minimum absolute atomic E-state index is 0. The molecule has 176 valence electrons. The van der Waals surface area contributed by atoms with Crippen molar-refractivity contribution in [3.63, 3.8) is 0 Å². The summed E-state index contributed by atoms with van der Waals surface area (Å²) in [6.07, 6.45) is 1.25. The molecule has 10 heteroatoms. The fraction of sp³-hybridized carbons (Fsp3) is 0.545. The molecule has 0 radical (unpaired) electrons. The number of carbonyl (C=O) groups is 1. The zero-order valence-corrected chi connectivity index (χ0v) is 21.6. The van der Waals surface area contributed by atoms with Crippen molar-refractivity contribution in [2.24, 2.45) is 12.0 Å². The maximum absolute atomic E-state index is 12.4. The van der Waals surface area contributed by atoms with Crippen LogP contribution in [0.15, 0.2) is 29.3 Å². The number of halogens is 1. The van der Waals surface area contributed by atoms with Gasteiger partial charge in [0, 0.05) is 45.1 Å². The molecule has 1 atom stereocenters. The van der Waals surface area contributed by atoms with Crippen LogP contribution < -0.4 is 15.4 Å². The number of rotatable bonds is 8. The lowest BCUT2D eigenvalue weighted by molar-refractivity contribution is -0.130. The Morgan fingerprint density at radius 3 is 2.72 bits per heavy atom. The van der Waals surface area contributed by atoms with Gasteiger partial charge in [-0.1, -0.05) is 18.2 Å². The number of guanidine groups is 1. The van der Waals surface area contributed by atoms with Crippen molar-refractivity contribution in [1.29, 1.82) is 0 Å². The fourth-order valence-corrected chi connectivity index (χ4v) is 3.57. The molecule has 0 aliphatic carbocycles. The molecule has 1 aromatic heterocycles. The number of fused-ring (bicyclic) bond motifs is 1. The lowest BCUT2D eigenvalue weighted by atomic mass is 10.0. The number of ether oxygens (including phenoxy) is 1. The van der Waals surface area contributed by atoms with Gasteiger partial charge in [0.05, 0.1) is 12.6 Å². The summed E-state index contributed by atoms with van der Waals surface area (Å²) in [6.45, 7) is 8.88. The number of aromatic nitrogens is 3. The molecule has 1 aliphatic heterocycles. The van der Waals surface area contributed by atoms with Gasteiger partial charge >= 0.3 is 0 Å². The van der Waals surface area contributed by atoms with E-state index in [0.717, 1.165) is 42.5 Å². The van der Waals surface area contributed by atoms with Crippen LogP contribution in [0, 0.1) is 6.92 Å². The van der Waals surface area contributed by atoms with Crippen molar-refractivity contribution in [2.45, 2.75) is 46.2 Å². The third-order valence-electron chi connectivity index (χ3n) is 5.58. The monoisotopic (exact) mass is 555 g/mol. The summed E-state index contributed by atoms with van der Waals surface area (Å²) in [5.74, 6) is 3.30. The van der Waals surface area contributed by atoms with E-state index in [2.05, 4.69) is 26.9 Å². The molecule has 3 rings (SSSR count). The third-order valence-corrected chi connectivity index (χ3v) is 5.58. The Hall–Kier alpha value is -2.37. The molecule has 32 heavy (non-hydrogen) atoms. The second kappa shape index (κ2) is 12.6. The predicted octanol–water partition coefficient (Wildman–Crippen LogP) is 2.56. The van der Waals surface area contributed by atoms with E-state index in [1.165, 1.54) is 0 Å². The van der Waals surface area contributed by atoms with Crippen molar-refractivity contribution in [1.82, 2.24) is 30.3 Å². The summed E-state index contributed by atoms with van der Waals surface area (Å²) in [6, 6.07) is 8.12. The Bertz CT molecular complexity index is 911. The molecule has 2 heterocycles. The van der Waals surface area contributed by atoms with Gasteiger partial charge in [0.2, 0.25) is 5.91 Å². The molecule has 0 saturated carbocycles. The molecule has 0 fully saturated rings. The second-order valence-corrected chi connectivity index (χ2v) is 7.50. The summed E-state index contributed by atoms with van der Waals surface area (Å²) < 4.78 is 7.70. The molecule has 2 aromatic rings. The smallest absolute Gasteiger partial charge is 0.224 e. The number of nitrogens with one attached hydrogen (secondary N) is 2. The van der Waals surface area contributed by atoms with Crippen LogP contribution in [0.3, 0.4) is 0 Å². The molecular weight excluding hydrogens is 521 g/mol. The van der Waals surface area contributed by atoms with Gasteiger partial charge in [-0.2, -0.15) is 0 Å². The number of nitrogens with zero attached hydrogens (tertiary/aromatic N) is 5. The molecule has 0 bridgehead atoms. The highest BCUT2D eigenvalue weighted by Gasteiger charge is 2.22. The Morgan fingerprint density at radius 1 is 1.28 bits per heavy atom. The van der Waals surface area contributed by atoms with E-state index in [1.807, 2.05) is 55.5 Å². The topological polar surface area (TPSA) is 96.7 Å². The van der Waals surface area contributed by atoms with Crippen LogP contribution in [0.25, 0.3) is 0 Å². The van der Waals surface area contributed by atoms with Gasteiger partial charge in [-0.3, -0.25) is 4.79 Å². The number of benzene rings is 1. The molecule has 1 amide bonds. The van der Waals surface area contributed by atoms with Crippen LogP contribution in [-0.4, -0.2) is 57.8 Å². The quantitative estimate of drug-likeness (QED) is 0.296. The Kier molecular flexibility index (Phi) is 10.2. The molecule has 0 spiro atoms. The number of hydrogen-bond acceptors (Lipinski definition) is 5. The highest BCUT2D eigenvalue weighted by Crippen LogP contribution is 2.31. The van der Waals surface area contributed by atoms with E-state index in [1.54, 1.807) is 0 Å². The van der Waals surface area contributed by atoms with Gasteiger partial charge in [-0.25, -0.2) is 4.99 Å². The van der Waals surface area contributed by atoms with Gasteiger partial charge in [-0.15, -0.1) is 34.2 Å². The molecule has 2 N–H and O–H groups in total. The van der Waals surface area contributed by atoms with E-state index >= 15 is 0 Å². The minimum atomic E-state index is 0. The van der Waals surface area contributed by atoms with E-state index in [4.69, 9.17) is 9.73 Å². The first kappa shape index (κ1) is 25.9. The van der Waals surface area contributed by atoms with E-state index in [9.17, 15) is 4.79 Å². The Balaban J connectivity index is 0.00000363. The first-order chi connectivity index (χ1) is 15.0. The highest BCUT2D eigenvalue weighted by molar-refractivity contribution is 14.0. The van der Waals surface area contributed by atoms with E-state index < -0.39 is 0 Å². The normalized spacial score (nSPS) is 15.2. The van der Waals surface area contributed by atoms with Crippen molar-refractivity contribution in [3.05, 3.63) is 41.5 Å². The van der Waals surface area contributed by atoms with Crippen LogP contribution >= 0.6 is 24.0 Å². The van der Waals surface area contributed by atoms with Crippen LogP contribution in [0.4, 0.5) is 0 Å². The summed E-state index contributed by atoms with van der Waals surface area (Å²) in [4.78, 5) is 18.9. The van der Waals surface area contributed by atoms with Gasteiger partial charge in [0.1, 0.15) is 18.1 Å². The van der Waals surface area contributed by atoms with E-state index in [-0.39, 0.29) is 35.9 Å². The lowest BCUT2D eigenvalue weighted by Crippen LogP contribution is -2.42. The van der Waals surface area contributed by atoms with Gasteiger partial charge in [-0.05, 0) is 26.8 Å². The molecule has 1 aromatic carbocycles. The largest absolute Gasteiger partial charge is 0.493 e. The first-order valence-electron chi connectivity index (χ1n) is 10.9. The average Bonchev–Trinajstić information content (AvgIpc) is 3.10. The van der Waals surface area contributed by atoms with Gasteiger partial charge < -0.3 is 24.8 Å². The molecular formula is C22H34IN7O2. The minimum Gasteiger partial charge on any atom is -0.493 e.